The lowest BCUT2D eigenvalue weighted by Crippen LogP contribution is -2.34. The Labute approximate surface area is 115 Å². The number of para-hydroxylation sites is 1. The minimum absolute atomic E-state index is 0.109. The van der Waals surface area contributed by atoms with Crippen molar-refractivity contribution in [1.29, 1.82) is 0 Å². The van der Waals surface area contributed by atoms with Gasteiger partial charge in [0.15, 0.2) is 11.6 Å². The fourth-order valence-corrected chi connectivity index (χ4v) is 1.72. The lowest BCUT2D eigenvalue weighted by atomic mass is 10.1. The largest absolute Gasteiger partial charge is 0.429 e. The summed E-state index contributed by atoms with van der Waals surface area (Å²) >= 11 is 0. The van der Waals surface area contributed by atoms with Crippen LogP contribution >= 0.6 is 0 Å². The maximum absolute atomic E-state index is 13.7. The molecule has 2 N–H and O–H groups in total. The first-order chi connectivity index (χ1) is 9.30. The van der Waals surface area contributed by atoms with Gasteiger partial charge >= 0.3 is 5.56 Å². The lowest BCUT2D eigenvalue weighted by molar-refractivity contribution is 0.358. The van der Waals surface area contributed by atoms with Gasteiger partial charge in [-0.05, 0) is 32.9 Å². The summed E-state index contributed by atoms with van der Waals surface area (Å²) in [7, 11) is 0. The minimum Gasteiger partial charge on any atom is -0.429 e. The Balaban J connectivity index is 2.48. The van der Waals surface area contributed by atoms with Crippen LogP contribution in [0.25, 0.3) is 0 Å². The van der Waals surface area contributed by atoms with Gasteiger partial charge in [-0.1, -0.05) is 6.07 Å². The first-order valence-corrected chi connectivity index (χ1v) is 6.10. The molecule has 0 spiro atoms. The highest BCUT2D eigenvalue weighted by Gasteiger charge is 2.19. The van der Waals surface area contributed by atoms with Crippen molar-refractivity contribution in [3.05, 3.63) is 46.8 Å². The summed E-state index contributed by atoms with van der Waals surface area (Å²) < 4.78 is 20.4. The number of hydrogen-bond acceptors (Lipinski definition) is 4. The number of nitrogen functional groups attached to an aromatic ring is 1. The number of rotatable bonds is 2. The number of aromatic nitrogens is 2. The first kappa shape index (κ1) is 14.0. The molecule has 106 valence electrons. The van der Waals surface area contributed by atoms with E-state index < -0.39 is 16.9 Å². The maximum atomic E-state index is 13.7. The van der Waals surface area contributed by atoms with Gasteiger partial charge in [-0.15, -0.1) is 0 Å². The predicted molar refractivity (Wildman–Crippen MR) is 74.4 cm³/mol. The number of benzene rings is 1. The molecular formula is C14H16FN3O2. The molecule has 0 bridgehead atoms. The molecule has 0 amide bonds. The third-order valence-electron chi connectivity index (χ3n) is 2.73. The van der Waals surface area contributed by atoms with Crippen LogP contribution in [0.5, 0.6) is 11.6 Å². The Bertz CT molecular complexity index is 669. The van der Waals surface area contributed by atoms with Crippen LogP contribution in [0.3, 0.4) is 0 Å². The second-order valence-electron chi connectivity index (χ2n) is 5.34. The van der Waals surface area contributed by atoms with Gasteiger partial charge in [0.05, 0.1) is 5.69 Å². The van der Waals surface area contributed by atoms with Gasteiger partial charge in [0.2, 0.25) is 0 Å². The molecule has 1 aromatic carbocycles. The molecule has 6 heteroatoms. The summed E-state index contributed by atoms with van der Waals surface area (Å²) in [6.07, 6.45) is 2.99. The molecule has 0 atom stereocenters. The summed E-state index contributed by atoms with van der Waals surface area (Å²) in [6, 6.07) is 4.16. The Hall–Kier alpha value is -2.37. The van der Waals surface area contributed by atoms with Gasteiger partial charge in [0, 0.05) is 17.9 Å². The summed E-state index contributed by atoms with van der Waals surface area (Å²) in [5.74, 6) is -1.04. The van der Waals surface area contributed by atoms with Crippen molar-refractivity contribution in [2.24, 2.45) is 0 Å². The van der Waals surface area contributed by atoms with Gasteiger partial charge in [0.25, 0.3) is 5.88 Å². The molecule has 1 aromatic heterocycles. The van der Waals surface area contributed by atoms with E-state index in [4.69, 9.17) is 10.5 Å². The fourth-order valence-electron chi connectivity index (χ4n) is 1.72. The van der Waals surface area contributed by atoms with E-state index >= 15 is 0 Å². The Morgan fingerprint density at radius 3 is 2.65 bits per heavy atom. The number of halogens is 1. The van der Waals surface area contributed by atoms with Gasteiger partial charge in [-0.25, -0.2) is 9.37 Å². The van der Waals surface area contributed by atoms with E-state index in [2.05, 4.69) is 4.98 Å². The van der Waals surface area contributed by atoms with Gasteiger partial charge < -0.3 is 15.0 Å². The molecule has 0 unspecified atom stereocenters. The van der Waals surface area contributed by atoms with Crippen molar-refractivity contribution < 1.29 is 9.13 Å². The average Bonchev–Trinajstić information content (AvgIpc) is 2.34. The highest BCUT2D eigenvalue weighted by molar-refractivity contribution is 5.53. The first-order valence-electron chi connectivity index (χ1n) is 6.10. The Morgan fingerprint density at radius 1 is 1.35 bits per heavy atom. The molecular weight excluding hydrogens is 261 g/mol. The fraction of sp³-hybridized carbons (Fsp3) is 0.286. The Kier molecular flexibility index (Phi) is 3.48. The molecule has 0 aliphatic heterocycles. The number of anilines is 1. The molecule has 0 radical (unpaired) electrons. The van der Waals surface area contributed by atoms with Crippen LogP contribution in [0.1, 0.15) is 20.8 Å². The molecule has 0 saturated carbocycles. The van der Waals surface area contributed by atoms with Crippen molar-refractivity contribution in [1.82, 2.24) is 9.55 Å². The number of hydrogen-bond donors (Lipinski definition) is 1. The van der Waals surface area contributed by atoms with Gasteiger partial charge in [-0.2, -0.15) is 0 Å². The average molecular weight is 277 g/mol. The highest BCUT2D eigenvalue weighted by atomic mass is 19.1. The van der Waals surface area contributed by atoms with E-state index in [1.165, 1.54) is 29.0 Å². The normalized spacial score (nSPS) is 11.4. The third-order valence-corrected chi connectivity index (χ3v) is 2.73. The van der Waals surface area contributed by atoms with Crippen LogP contribution in [0.2, 0.25) is 0 Å². The van der Waals surface area contributed by atoms with E-state index in [-0.39, 0.29) is 17.3 Å². The molecule has 0 saturated heterocycles. The molecule has 20 heavy (non-hydrogen) atoms. The van der Waals surface area contributed by atoms with Gasteiger partial charge in [-0.3, -0.25) is 4.79 Å². The summed E-state index contributed by atoms with van der Waals surface area (Å²) in [5.41, 5.74) is 4.88. The summed E-state index contributed by atoms with van der Waals surface area (Å²) in [4.78, 5) is 16.1. The summed E-state index contributed by atoms with van der Waals surface area (Å²) in [5, 5.41) is 0. The molecule has 0 aliphatic rings. The van der Waals surface area contributed by atoms with E-state index in [1.54, 1.807) is 6.20 Å². The minimum atomic E-state index is -0.641. The predicted octanol–water partition coefficient (Wildman–Crippen LogP) is 2.51. The van der Waals surface area contributed by atoms with E-state index in [0.717, 1.165) is 0 Å². The second-order valence-corrected chi connectivity index (χ2v) is 5.34. The monoisotopic (exact) mass is 277 g/mol. The highest BCUT2D eigenvalue weighted by Crippen LogP contribution is 2.28. The van der Waals surface area contributed by atoms with Crippen LogP contribution in [0.15, 0.2) is 35.4 Å². The van der Waals surface area contributed by atoms with E-state index in [9.17, 15) is 9.18 Å². The van der Waals surface area contributed by atoms with Crippen LogP contribution < -0.4 is 16.0 Å². The molecule has 0 aliphatic carbocycles. The quantitative estimate of drug-likeness (QED) is 0.856. The standard InChI is InChI=1S/C14H16FN3O2/c1-14(2,3)18-8-7-17-12(13(18)19)20-11-9(15)5-4-6-10(11)16/h4-8H,16H2,1-3H3. The van der Waals surface area contributed by atoms with E-state index in [0.29, 0.717) is 0 Å². The molecule has 1 heterocycles. The number of ether oxygens (including phenoxy) is 1. The van der Waals surface area contributed by atoms with Crippen LogP contribution in [0, 0.1) is 5.82 Å². The number of nitrogens with zero attached hydrogens (tertiary/aromatic N) is 2. The topological polar surface area (TPSA) is 70.1 Å². The SMILES string of the molecule is CC(C)(C)n1ccnc(Oc2c(N)cccc2F)c1=O. The zero-order valence-electron chi connectivity index (χ0n) is 11.6. The van der Waals surface area contributed by atoms with Crippen molar-refractivity contribution in [2.75, 3.05) is 5.73 Å². The third kappa shape index (κ3) is 2.64. The molecule has 5 nitrogen and oxygen atoms in total. The number of nitrogens with two attached hydrogens (primary N) is 1. The van der Waals surface area contributed by atoms with Crippen LogP contribution in [-0.2, 0) is 5.54 Å². The zero-order valence-corrected chi connectivity index (χ0v) is 11.6. The van der Waals surface area contributed by atoms with Crippen LogP contribution in [-0.4, -0.2) is 9.55 Å². The van der Waals surface area contributed by atoms with Crippen molar-refractivity contribution in [3.63, 3.8) is 0 Å². The summed E-state index contributed by atoms with van der Waals surface area (Å²) in [6.45, 7) is 5.61. The lowest BCUT2D eigenvalue weighted by Gasteiger charge is -2.22. The smallest absolute Gasteiger partial charge is 0.314 e. The molecule has 2 aromatic rings. The van der Waals surface area contributed by atoms with Gasteiger partial charge in [0.1, 0.15) is 0 Å². The van der Waals surface area contributed by atoms with Crippen molar-refractivity contribution >= 4 is 5.69 Å². The molecule has 0 fully saturated rings. The second kappa shape index (κ2) is 4.96. The van der Waals surface area contributed by atoms with Crippen molar-refractivity contribution in [2.45, 2.75) is 26.3 Å². The van der Waals surface area contributed by atoms with Crippen LogP contribution in [0.4, 0.5) is 10.1 Å². The Morgan fingerprint density at radius 2 is 2.05 bits per heavy atom. The molecule has 2 rings (SSSR count). The van der Waals surface area contributed by atoms with Crippen molar-refractivity contribution in [3.8, 4) is 11.6 Å². The maximum Gasteiger partial charge on any atom is 0.314 e. The zero-order chi connectivity index (χ0) is 14.9. The van der Waals surface area contributed by atoms with E-state index in [1.807, 2.05) is 20.8 Å².